The van der Waals surface area contributed by atoms with Crippen molar-refractivity contribution in [2.75, 3.05) is 6.61 Å². The Balaban J connectivity index is 3.56. The SMILES string of the molecule is CCCCCC/C=C\CCCCCCCC(=O)NC(CO)C(O)/C=C/CC/C=C/CC/C=C/CCCCCCCCCCCCCCCCCCCCCC. The molecule has 2 unspecified atom stereocenters. The monoisotopic (exact) mass is 770 g/mol. The molecule has 0 aromatic carbocycles. The van der Waals surface area contributed by atoms with Gasteiger partial charge in [0.2, 0.25) is 5.91 Å². The number of carbonyl (C=O) groups excluding carboxylic acids is 1. The fourth-order valence-electron chi connectivity index (χ4n) is 7.26. The van der Waals surface area contributed by atoms with E-state index in [1.54, 1.807) is 6.08 Å². The van der Waals surface area contributed by atoms with Gasteiger partial charge in [0, 0.05) is 6.42 Å². The third-order valence-corrected chi connectivity index (χ3v) is 11.0. The predicted octanol–water partition coefficient (Wildman–Crippen LogP) is 15.5. The number of aliphatic hydroxyl groups is 2. The number of carbonyl (C=O) groups is 1. The van der Waals surface area contributed by atoms with E-state index >= 15 is 0 Å². The van der Waals surface area contributed by atoms with Crippen LogP contribution >= 0.6 is 0 Å². The molecular formula is C51H95NO3. The molecule has 1 amide bonds. The van der Waals surface area contributed by atoms with Gasteiger partial charge in [-0.25, -0.2) is 0 Å². The van der Waals surface area contributed by atoms with Crippen LogP contribution in [-0.4, -0.2) is 34.9 Å². The van der Waals surface area contributed by atoms with Crippen LogP contribution in [0.25, 0.3) is 0 Å². The van der Waals surface area contributed by atoms with E-state index < -0.39 is 12.1 Å². The van der Waals surface area contributed by atoms with Gasteiger partial charge in [0.25, 0.3) is 0 Å². The molecule has 0 aliphatic carbocycles. The molecule has 3 N–H and O–H groups in total. The smallest absolute Gasteiger partial charge is 0.220 e. The van der Waals surface area contributed by atoms with E-state index in [0.29, 0.717) is 6.42 Å². The first-order valence-electron chi connectivity index (χ1n) is 24.4. The third-order valence-electron chi connectivity index (χ3n) is 11.0. The van der Waals surface area contributed by atoms with Crippen LogP contribution in [-0.2, 0) is 4.79 Å². The fraction of sp³-hybridized carbons (Fsp3) is 0.824. The van der Waals surface area contributed by atoms with Gasteiger partial charge in [-0.15, -0.1) is 0 Å². The van der Waals surface area contributed by atoms with Crippen molar-refractivity contribution in [3.8, 4) is 0 Å². The van der Waals surface area contributed by atoms with E-state index in [4.69, 9.17) is 0 Å². The Morgan fingerprint density at radius 1 is 0.418 bits per heavy atom. The molecule has 322 valence electrons. The van der Waals surface area contributed by atoms with E-state index in [9.17, 15) is 15.0 Å². The molecule has 0 bridgehead atoms. The molecule has 55 heavy (non-hydrogen) atoms. The molecule has 0 fully saturated rings. The first-order chi connectivity index (χ1) is 27.2. The van der Waals surface area contributed by atoms with Crippen LogP contribution in [0.3, 0.4) is 0 Å². The predicted molar refractivity (Wildman–Crippen MR) is 244 cm³/mol. The van der Waals surface area contributed by atoms with Crippen LogP contribution in [0.5, 0.6) is 0 Å². The van der Waals surface area contributed by atoms with E-state index in [1.165, 1.54) is 180 Å². The molecule has 4 heteroatoms. The minimum atomic E-state index is -0.874. The molecule has 0 heterocycles. The second-order valence-electron chi connectivity index (χ2n) is 16.5. The molecule has 0 radical (unpaired) electrons. The maximum Gasteiger partial charge on any atom is 0.220 e. The fourth-order valence-corrected chi connectivity index (χ4v) is 7.26. The molecule has 2 atom stereocenters. The zero-order valence-electron chi connectivity index (χ0n) is 36.9. The first kappa shape index (κ1) is 53.4. The van der Waals surface area contributed by atoms with Crippen molar-refractivity contribution < 1.29 is 15.0 Å². The first-order valence-corrected chi connectivity index (χ1v) is 24.4. The number of amides is 1. The van der Waals surface area contributed by atoms with Gasteiger partial charge in [-0.1, -0.05) is 223 Å². The number of nitrogens with one attached hydrogen (secondary N) is 1. The second-order valence-corrected chi connectivity index (χ2v) is 16.5. The lowest BCUT2D eigenvalue weighted by molar-refractivity contribution is -0.123. The summed E-state index contributed by atoms with van der Waals surface area (Å²) in [6, 6.07) is -0.650. The molecule has 4 nitrogen and oxygen atoms in total. The Bertz CT molecular complexity index is 877. The summed E-state index contributed by atoms with van der Waals surface area (Å²) >= 11 is 0. The number of aliphatic hydroxyl groups excluding tert-OH is 2. The lowest BCUT2D eigenvalue weighted by Gasteiger charge is -2.19. The highest BCUT2D eigenvalue weighted by atomic mass is 16.3. The van der Waals surface area contributed by atoms with Crippen molar-refractivity contribution in [3.05, 3.63) is 48.6 Å². The van der Waals surface area contributed by atoms with Crippen molar-refractivity contribution in [2.45, 2.75) is 264 Å². The van der Waals surface area contributed by atoms with Gasteiger partial charge in [-0.3, -0.25) is 4.79 Å². The van der Waals surface area contributed by atoms with E-state index in [0.717, 1.165) is 51.4 Å². The zero-order chi connectivity index (χ0) is 40.0. The molecule has 0 aliphatic rings. The minimum Gasteiger partial charge on any atom is -0.394 e. The summed E-state index contributed by atoms with van der Waals surface area (Å²) in [6.07, 6.45) is 64.0. The maximum absolute atomic E-state index is 12.3. The summed E-state index contributed by atoms with van der Waals surface area (Å²) in [5, 5.41) is 23.0. The van der Waals surface area contributed by atoms with Gasteiger partial charge >= 0.3 is 0 Å². The van der Waals surface area contributed by atoms with Crippen molar-refractivity contribution in [1.29, 1.82) is 0 Å². The van der Waals surface area contributed by atoms with Gasteiger partial charge in [0.15, 0.2) is 0 Å². The Labute approximate surface area is 344 Å². The summed E-state index contributed by atoms with van der Waals surface area (Å²) < 4.78 is 0. The summed E-state index contributed by atoms with van der Waals surface area (Å²) in [4.78, 5) is 12.3. The summed E-state index contributed by atoms with van der Waals surface area (Å²) in [6.45, 7) is 4.28. The highest BCUT2D eigenvalue weighted by Gasteiger charge is 2.17. The molecule has 0 aliphatic heterocycles. The van der Waals surface area contributed by atoms with Gasteiger partial charge < -0.3 is 15.5 Å². The van der Waals surface area contributed by atoms with Gasteiger partial charge in [0.1, 0.15) is 0 Å². The van der Waals surface area contributed by atoms with Crippen molar-refractivity contribution >= 4 is 5.91 Å². The van der Waals surface area contributed by atoms with Crippen LogP contribution in [0, 0.1) is 0 Å². The normalized spacial score (nSPS) is 13.3. The highest BCUT2D eigenvalue weighted by molar-refractivity contribution is 5.76. The third kappa shape index (κ3) is 43.3. The highest BCUT2D eigenvalue weighted by Crippen LogP contribution is 2.16. The standard InChI is InChI=1S/C51H95NO3/c1-3-5-7-9-11-13-15-17-18-19-20-21-22-23-24-25-26-27-28-29-30-31-32-33-35-36-38-40-42-44-46-50(54)49(48-53)52-51(55)47-45-43-41-39-37-34-16-14-12-10-8-6-4-2/h14,16,31-32,36,38,44,46,49-50,53-54H,3-13,15,17-30,33-35,37,39-43,45,47-48H2,1-2H3,(H,52,55)/b16-14-,32-31+,38-36+,46-44+. The molecule has 0 aromatic rings. The Morgan fingerprint density at radius 2 is 0.709 bits per heavy atom. The number of rotatable bonds is 44. The minimum absolute atomic E-state index is 0.0878. The molecular weight excluding hydrogens is 675 g/mol. The van der Waals surface area contributed by atoms with Crippen molar-refractivity contribution in [3.63, 3.8) is 0 Å². The van der Waals surface area contributed by atoms with E-state index in [-0.39, 0.29) is 12.5 Å². The number of hydrogen-bond donors (Lipinski definition) is 3. The van der Waals surface area contributed by atoms with E-state index in [1.807, 2.05) is 6.08 Å². The molecule has 0 aromatic heterocycles. The average Bonchev–Trinajstić information content (AvgIpc) is 3.19. The maximum atomic E-state index is 12.3. The molecule has 0 spiro atoms. The Hall–Kier alpha value is -1.65. The zero-order valence-corrected chi connectivity index (χ0v) is 36.9. The van der Waals surface area contributed by atoms with Crippen molar-refractivity contribution in [2.24, 2.45) is 0 Å². The topological polar surface area (TPSA) is 69.6 Å². The number of unbranched alkanes of at least 4 members (excludes halogenated alkanes) is 31. The second kappa shape index (κ2) is 46.7. The Kier molecular flexibility index (Phi) is 45.3. The Morgan fingerprint density at radius 3 is 1.07 bits per heavy atom. The van der Waals surface area contributed by atoms with Crippen LogP contribution in [0.2, 0.25) is 0 Å². The van der Waals surface area contributed by atoms with Crippen LogP contribution in [0.15, 0.2) is 48.6 Å². The summed E-state index contributed by atoms with van der Waals surface area (Å²) in [7, 11) is 0. The van der Waals surface area contributed by atoms with Crippen LogP contribution in [0.4, 0.5) is 0 Å². The summed E-state index contributed by atoms with van der Waals surface area (Å²) in [5.74, 6) is -0.0878. The van der Waals surface area contributed by atoms with E-state index in [2.05, 4.69) is 55.6 Å². The summed E-state index contributed by atoms with van der Waals surface area (Å²) in [5.41, 5.74) is 0. The quantitative estimate of drug-likeness (QED) is 0.0427. The molecule has 0 rings (SSSR count). The lowest BCUT2D eigenvalue weighted by Crippen LogP contribution is -2.45. The van der Waals surface area contributed by atoms with Gasteiger partial charge in [-0.2, -0.15) is 0 Å². The lowest BCUT2D eigenvalue weighted by atomic mass is 10.0. The number of allylic oxidation sites excluding steroid dienone is 7. The number of hydrogen-bond acceptors (Lipinski definition) is 3. The van der Waals surface area contributed by atoms with Gasteiger partial charge in [0.05, 0.1) is 18.8 Å². The largest absolute Gasteiger partial charge is 0.394 e. The van der Waals surface area contributed by atoms with Crippen LogP contribution < -0.4 is 5.32 Å². The van der Waals surface area contributed by atoms with Crippen LogP contribution in [0.1, 0.15) is 251 Å². The molecule has 0 saturated carbocycles. The van der Waals surface area contributed by atoms with Gasteiger partial charge in [-0.05, 0) is 70.6 Å². The average molecular weight is 770 g/mol. The van der Waals surface area contributed by atoms with Crippen molar-refractivity contribution in [1.82, 2.24) is 5.32 Å². The molecule has 0 saturated heterocycles.